The maximum Gasteiger partial charge on any atom is 0.387 e. The molecule has 0 aliphatic heterocycles. The number of esters is 1. The standard InChI is InChI=1S/C18H16F2N2O7/c1-10(28-17(24)11-4-3-5-13(8-11)29-18(19)20)16(23)21-14-9-12(22(25)26)6-7-15(14)27-2/h3-10,18H,1-2H3,(H,21,23)/t10-/m0/s1. The number of methoxy groups -OCH3 is 1. The molecule has 0 saturated carbocycles. The molecule has 0 aliphatic carbocycles. The van der Waals surface area contributed by atoms with Crippen LogP contribution in [0.4, 0.5) is 20.2 Å². The average Bonchev–Trinajstić information content (AvgIpc) is 2.67. The van der Waals surface area contributed by atoms with Gasteiger partial charge in [0, 0.05) is 12.1 Å². The maximum atomic E-state index is 12.3. The third-order valence-corrected chi connectivity index (χ3v) is 3.60. The number of nitro groups is 1. The van der Waals surface area contributed by atoms with Crippen molar-refractivity contribution in [2.75, 3.05) is 12.4 Å². The summed E-state index contributed by atoms with van der Waals surface area (Å²) < 4.78 is 38.8. The second-order valence-corrected chi connectivity index (χ2v) is 5.58. The van der Waals surface area contributed by atoms with Gasteiger partial charge in [-0.05, 0) is 31.2 Å². The van der Waals surface area contributed by atoms with Gasteiger partial charge < -0.3 is 19.5 Å². The van der Waals surface area contributed by atoms with E-state index in [-0.39, 0.29) is 28.4 Å². The summed E-state index contributed by atoms with van der Waals surface area (Å²) in [6, 6.07) is 8.49. The highest BCUT2D eigenvalue weighted by atomic mass is 19.3. The molecule has 0 unspecified atom stereocenters. The number of nitro benzene ring substituents is 1. The topological polar surface area (TPSA) is 117 Å². The van der Waals surface area contributed by atoms with Gasteiger partial charge in [-0.3, -0.25) is 14.9 Å². The number of amides is 1. The van der Waals surface area contributed by atoms with Gasteiger partial charge >= 0.3 is 12.6 Å². The van der Waals surface area contributed by atoms with E-state index in [2.05, 4.69) is 10.1 Å². The van der Waals surface area contributed by atoms with Crippen LogP contribution in [0.5, 0.6) is 11.5 Å². The van der Waals surface area contributed by atoms with E-state index in [1.54, 1.807) is 0 Å². The molecule has 9 nitrogen and oxygen atoms in total. The zero-order valence-electron chi connectivity index (χ0n) is 15.3. The van der Waals surface area contributed by atoms with Crippen LogP contribution in [-0.4, -0.2) is 36.6 Å². The third kappa shape index (κ3) is 5.86. The highest BCUT2D eigenvalue weighted by Gasteiger charge is 2.22. The van der Waals surface area contributed by atoms with E-state index < -0.39 is 29.5 Å². The Balaban J connectivity index is 2.08. The summed E-state index contributed by atoms with van der Waals surface area (Å²) in [5.74, 6) is -1.80. The van der Waals surface area contributed by atoms with Gasteiger partial charge in [0.2, 0.25) is 0 Å². The van der Waals surface area contributed by atoms with Crippen molar-refractivity contribution in [3.05, 3.63) is 58.1 Å². The summed E-state index contributed by atoms with van der Waals surface area (Å²) in [6.45, 7) is -1.78. The van der Waals surface area contributed by atoms with E-state index in [0.717, 1.165) is 12.1 Å². The molecule has 154 valence electrons. The first kappa shape index (κ1) is 21.5. The SMILES string of the molecule is COc1ccc([N+](=O)[O-])cc1NC(=O)[C@H](C)OC(=O)c1cccc(OC(F)F)c1. The molecule has 1 amide bonds. The number of carbonyl (C=O) groups excluding carboxylic acids is 2. The molecule has 0 bridgehead atoms. The number of non-ortho nitro benzene ring substituents is 1. The van der Waals surface area contributed by atoms with E-state index in [1.165, 1.54) is 44.4 Å². The van der Waals surface area contributed by atoms with Gasteiger partial charge in [-0.15, -0.1) is 0 Å². The van der Waals surface area contributed by atoms with Crippen molar-refractivity contribution < 1.29 is 37.5 Å². The number of anilines is 1. The van der Waals surface area contributed by atoms with Gasteiger partial charge in [-0.1, -0.05) is 6.07 Å². The van der Waals surface area contributed by atoms with Crippen LogP contribution in [0.1, 0.15) is 17.3 Å². The first-order valence-electron chi connectivity index (χ1n) is 8.10. The number of benzene rings is 2. The van der Waals surface area contributed by atoms with E-state index in [0.29, 0.717) is 0 Å². The van der Waals surface area contributed by atoms with Crippen LogP contribution in [0.3, 0.4) is 0 Å². The van der Waals surface area contributed by atoms with Crippen LogP contribution in [-0.2, 0) is 9.53 Å². The molecule has 0 radical (unpaired) electrons. The molecule has 0 aliphatic rings. The summed E-state index contributed by atoms with van der Waals surface area (Å²) in [5, 5.41) is 13.3. The molecule has 11 heteroatoms. The van der Waals surface area contributed by atoms with Crippen molar-refractivity contribution in [2.24, 2.45) is 0 Å². The monoisotopic (exact) mass is 410 g/mol. The van der Waals surface area contributed by atoms with Crippen LogP contribution in [0.15, 0.2) is 42.5 Å². The molecule has 0 fully saturated rings. The number of alkyl halides is 2. The second-order valence-electron chi connectivity index (χ2n) is 5.58. The fraction of sp³-hybridized carbons (Fsp3) is 0.222. The Labute approximate surface area is 163 Å². The van der Waals surface area contributed by atoms with Gasteiger partial charge in [0.15, 0.2) is 6.10 Å². The summed E-state index contributed by atoms with van der Waals surface area (Å²) in [5.41, 5.74) is -0.362. The molecule has 0 aromatic heterocycles. The van der Waals surface area contributed by atoms with Crippen molar-refractivity contribution in [1.29, 1.82) is 0 Å². The van der Waals surface area contributed by atoms with Crippen LogP contribution in [0.25, 0.3) is 0 Å². The second kappa shape index (κ2) is 9.44. The normalized spacial score (nSPS) is 11.5. The van der Waals surface area contributed by atoms with Crippen molar-refractivity contribution >= 4 is 23.3 Å². The first-order chi connectivity index (χ1) is 13.7. The lowest BCUT2D eigenvalue weighted by atomic mass is 10.2. The van der Waals surface area contributed by atoms with E-state index in [9.17, 15) is 28.5 Å². The Kier molecular flexibility index (Phi) is 7.01. The maximum absolute atomic E-state index is 12.3. The molecule has 2 aromatic rings. The Hall–Kier alpha value is -3.76. The fourth-order valence-electron chi connectivity index (χ4n) is 2.22. The van der Waals surface area contributed by atoms with Gasteiger partial charge in [0.05, 0.1) is 23.3 Å². The number of hydrogen-bond acceptors (Lipinski definition) is 7. The number of ether oxygens (including phenoxy) is 3. The molecule has 0 spiro atoms. The number of carbonyl (C=O) groups is 2. The quantitative estimate of drug-likeness (QED) is 0.403. The molecule has 0 heterocycles. The van der Waals surface area contributed by atoms with Crippen molar-refractivity contribution in [3.63, 3.8) is 0 Å². The summed E-state index contributed by atoms with van der Waals surface area (Å²) in [7, 11) is 1.31. The molecule has 29 heavy (non-hydrogen) atoms. The Morgan fingerprint density at radius 3 is 2.52 bits per heavy atom. The zero-order valence-corrected chi connectivity index (χ0v) is 15.3. The summed E-state index contributed by atoms with van der Waals surface area (Å²) in [4.78, 5) is 34.7. The Morgan fingerprint density at radius 2 is 1.90 bits per heavy atom. The van der Waals surface area contributed by atoms with Crippen molar-refractivity contribution in [2.45, 2.75) is 19.6 Å². The van der Waals surface area contributed by atoms with Crippen LogP contribution in [0, 0.1) is 10.1 Å². The zero-order chi connectivity index (χ0) is 21.6. The molecule has 2 aromatic carbocycles. The van der Waals surface area contributed by atoms with Crippen LogP contribution in [0.2, 0.25) is 0 Å². The molecule has 0 saturated heterocycles. The van der Waals surface area contributed by atoms with Gasteiger partial charge in [0.25, 0.3) is 11.6 Å². The van der Waals surface area contributed by atoms with E-state index >= 15 is 0 Å². The lowest BCUT2D eigenvalue weighted by molar-refractivity contribution is -0.384. The smallest absolute Gasteiger partial charge is 0.387 e. The lowest BCUT2D eigenvalue weighted by Crippen LogP contribution is -2.30. The predicted octanol–water partition coefficient (Wildman–Crippen LogP) is 3.39. The molecule has 2 rings (SSSR count). The van der Waals surface area contributed by atoms with Crippen molar-refractivity contribution in [1.82, 2.24) is 0 Å². The predicted molar refractivity (Wildman–Crippen MR) is 96.2 cm³/mol. The number of rotatable bonds is 8. The number of nitrogens with one attached hydrogen (secondary N) is 1. The Bertz CT molecular complexity index is 921. The van der Waals surface area contributed by atoms with Gasteiger partial charge in [0.1, 0.15) is 11.5 Å². The summed E-state index contributed by atoms with van der Waals surface area (Å²) >= 11 is 0. The average molecular weight is 410 g/mol. The first-order valence-corrected chi connectivity index (χ1v) is 8.10. The minimum Gasteiger partial charge on any atom is -0.495 e. The molecular weight excluding hydrogens is 394 g/mol. The van der Waals surface area contributed by atoms with Crippen molar-refractivity contribution in [3.8, 4) is 11.5 Å². The Morgan fingerprint density at radius 1 is 1.17 bits per heavy atom. The highest BCUT2D eigenvalue weighted by molar-refractivity contribution is 5.98. The highest BCUT2D eigenvalue weighted by Crippen LogP contribution is 2.29. The van der Waals surface area contributed by atoms with Crippen LogP contribution < -0.4 is 14.8 Å². The molecular formula is C18H16F2N2O7. The summed E-state index contributed by atoms with van der Waals surface area (Å²) in [6.07, 6.45) is -1.30. The van der Waals surface area contributed by atoms with Gasteiger partial charge in [-0.2, -0.15) is 8.78 Å². The minimum atomic E-state index is -3.06. The van der Waals surface area contributed by atoms with E-state index in [4.69, 9.17) is 9.47 Å². The fourth-order valence-corrected chi connectivity index (χ4v) is 2.22. The van der Waals surface area contributed by atoms with E-state index in [1.807, 2.05) is 0 Å². The largest absolute Gasteiger partial charge is 0.495 e. The molecule has 1 N–H and O–H groups in total. The number of hydrogen-bond donors (Lipinski definition) is 1. The minimum absolute atomic E-state index is 0.0157. The number of halogens is 2. The van der Waals surface area contributed by atoms with Crippen LogP contribution >= 0.6 is 0 Å². The van der Waals surface area contributed by atoms with Gasteiger partial charge in [-0.25, -0.2) is 4.79 Å². The lowest BCUT2D eigenvalue weighted by Gasteiger charge is -2.15. The number of nitrogens with zero attached hydrogens (tertiary/aromatic N) is 1. The molecule has 1 atom stereocenters. The third-order valence-electron chi connectivity index (χ3n) is 3.60.